The van der Waals surface area contributed by atoms with Gasteiger partial charge in [0.25, 0.3) is 0 Å². The summed E-state index contributed by atoms with van der Waals surface area (Å²) in [6, 6.07) is 0. The molecule has 2 aliphatic rings. The highest BCUT2D eigenvalue weighted by molar-refractivity contribution is 5.00. The predicted octanol–water partition coefficient (Wildman–Crippen LogP) is 2.40. The average Bonchev–Trinajstić information content (AvgIpc) is 2.38. The molecular formula is C8H13. The first-order valence-electron chi connectivity index (χ1n) is 3.67. The SMILES string of the molecule is [CH2]C1(C2CC2)CCC1. The Morgan fingerprint density at radius 1 is 1.25 bits per heavy atom. The van der Waals surface area contributed by atoms with Gasteiger partial charge in [-0.2, -0.15) is 0 Å². The summed E-state index contributed by atoms with van der Waals surface area (Å²) in [7, 11) is 0. The molecule has 0 aromatic carbocycles. The van der Waals surface area contributed by atoms with Gasteiger partial charge in [-0.3, -0.25) is 0 Å². The summed E-state index contributed by atoms with van der Waals surface area (Å²) in [5.41, 5.74) is 0.583. The Morgan fingerprint density at radius 3 is 2.00 bits per heavy atom. The van der Waals surface area contributed by atoms with Gasteiger partial charge in [0.1, 0.15) is 0 Å². The third kappa shape index (κ3) is 0.519. The van der Waals surface area contributed by atoms with Gasteiger partial charge in [0.2, 0.25) is 0 Å². The van der Waals surface area contributed by atoms with Crippen LogP contribution >= 0.6 is 0 Å². The van der Waals surface area contributed by atoms with E-state index in [9.17, 15) is 0 Å². The molecule has 0 N–H and O–H groups in total. The van der Waals surface area contributed by atoms with Gasteiger partial charge in [0.05, 0.1) is 0 Å². The molecule has 1 radical (unpaired) electrons. The van der Waals surface area contributed by atoms with Gasteiger partial charge in [-0.15, -0.1) is 0 Å². The van der Waals surface area contributed by atoms with E-state index >= 15 is 0 Å². The van der Waals surface area contributed by atoms with Gasteiger partial charge in [-0.25, -0.2) is 0 Å². The van der Waals surface area contributed by atoms with E-state index in [0.29, 0.717) is 5.41 Å². The molecule has 45 valence electrons. The molecule has 0 unspecified atom stereocenters. The van der Waals surface area contributed by atoms with Crippen LogP contribution in [0.1, 0.15) is 32.1 Å². The van der Waals surface area contributed by atoms with Crippen molar-refractivity contribution in [2.45, 2.75) is 32.1 Å². The van der Waals surface area contributed by atoms with E-state index in [1.807, 2.05) is 0 Å². The number of rotatable bonds is 1. The molecule has 0 aromatic heterocycles. The Kier molecular flexibility index (Phi) is 0.778. The third-order valence-corrected chi connectivity index (χ3v) is 2.79. The van der Waals surface area contributed by atoms with Crippen LogP contribution in [-0.2, 0) is 0 Å². The molecule has 0 heterocycles. The van der Waals surface area contributed by atoms with Gasteiger partial charge in [0.15, 0.2) is 0 Å². The van der Waals surface area contributed by atoms with E-state index in [0.717, 1.165) is 5.92 Å². The Bertz CT molecular complexity index is 96.6. The highest BCUT2D eigenvalue weighted by Gasteiger charge is 2.45. The summed E-state index contributed by atoms with van der Waals surface area (Å²) in [5, 5.41) is 0. The first-order valence-corrected chi connectivity index (χ1v) is 3.67. The van der Waals surface area contributed by atoms with E-state index < -0.39 is 0 Å². The summed E-state index contributed by atoms with van der Waals surface area (Å²) in [6.45, 7) is 4.24. The lowest BCUT2D eigenvalue weighted by molar-refractivity contribution is 0.165. The fourth-order valence-electron chi connectivity index (χ4n) is 1.73. The molecule has 2 aliphatic carbocycles. The van der Waals surface area contributed by atoms with Crippen LogP contribution in [0.2, 0.25) is 0 Å². The molecule has 2 fully saturated rings. The maximum Gasteiger partial charge on any atom is -0.0269 e. The molecule has 0 bridgehead atoms. The number of hydrogen-bond donors (Lipinski definition) is 0. The van der Waals surface area contributed by atoms with Crippen molar-refractivity contribution in [2.75, 3.05) is 0 Å². The van der Waals surface area contributed by atoms with Crippen LogP contribution in [0, 0.1) is 18.3 Å². The summed E-state index contributed by atoms with van der Waals surface area (Å²) in [5.74, 6) is 1.04. The second-order valence-corrected chi connectivity index (χ2v) is 3.49. The second-order valence-electron chi connectivity index (χ2n) is 3.49. The van der Waals surface area contributed by atoms with Crippen LogP contribution in [-0.4, -0.2) is 0 Å². The fourth-order valence-corrected chi connectivity index (χ4v) is 1.73. The second kappa shape index (κ2) is 1.29. The standard InChI is InChI=1S/C8H13/c1-8(5-2-6-8)7-3-4-7/h7H,1-6H2. The quantitative estimate of drug-likeness (QED) is 0.485. The van der Waals surface area contributed by atoms with Crippen LogP contribution < -0.4 is 0 Å². The molecule has 0 aromatic rings. The van der Waals surface area contributed by atoms with Crippen molar-refractivity contribution in [3.63, 3.8) is 0 Å². The molecule has 0 atom stereocenters. The van der Waals surface area contributed by atoms with Crippen LogP contribution in [0.15, 0.2) is 0 Å². The van der Waals surface area contributed by atoms with Crippen molar-refractivity contribution < 1.29 is 0 Å². The molecule has 0 nitrogen and oxygen atoms in total. The molecule has 0 aliphatic heterocycles. The van der Waals surface area contributed by atoms with Crippen molar-refractivity contribution in [2.24, 2.45) is 11.3 Å². The van der Waals surface area contributed by atoms with Gasteiger partial charge in [-0.1, -0.05) is 6.42 Å². The van der Waals surface area contributed by atoms with E-state index in [4.69, 9.17) is 0 Å². The van der Waals surface area contributed by atoms with Gasteiger partial charge < -0.3 is 0 Å². The zero-order chi connectivity index (χ0) is 5.61. The highest BCUT2D eigenvalue weighted by atomic mass is 14.5. The molecular weight excluding hydrogens is 96.1 g/mol. The van der Waals surface area contributed by atoms with Crippen molar-refractivity contribution in [3.8, 4) is 0 Å². The Labute approximate surface area is 51.3 Å². The maximum atomic E-state index is 4.24. The van der Waals surface area contributed by atoms with Crippen LogP contribution in [0.25, 0.3) is 0 Å². The smallest absolute Gasteiger partial charge is 0.0269 e. The van der Waals surface area contributed by atoms with E-state index in [1.165, 1.54) is 32.1 Å². The zero-order valence-corrected chi connectivity index (χ0v) is 5.32. The Hall–Kier alpha value is 0. The van der Waals surface area contributed by atoms with Crippen LogP contribution in [0.4, 0.5) is 0 Å². The third-order valence-electron chi connectivity index (χ3n) is 2.79. The molecule has 0 heteroatoms. The summed E-state index contributed by atoms with van der Waals surface area (Å²) in [6.07, 6.45) is 7.22. The lowest BCUT2D eigenvalue weighted by Gasteiger charge is -2.38. The molecule has 2 saturated carbocycles. The van der Waals surface area contributed by atoms with Crippen molar-refractivity contribution in [1.29, 1.82) is 0 Å². The summed E-state index contributed by atoms with van der Waals surface area (Å²) < 4.78 is 0. The van der Waals surface area contributed by atoms with Crippen molar-refractivity contribution in [1.82, 2.24) is 0 Å². The summed E-state index contributed by atoms with van der Waals surface area (Å²) >= 11 is 0. The monoisotopic (exact) mass is 109 g/mol. The molecule has 0 spiro atoms. The largest absolute Gasteiger partial charge is 0.0522 e. The zero-order valence-electron chi connectivity index (χ0n) is 5.32. The minimum absolute atomic E-state index is 0.583. The topological polar surface area (TPSA) is 0 Å². The average molecular weight is 109 g/mol. The first-order chi connectivity index (χ1) is 3.81. The minimum atomic E-state index is 0.583. The number of hydrogen-bond acceptors (Lipinski definition) is 0. The highest BCUT2D eigenvalue weighted by Crippen LogP contribution is 2.56. The lowest BCUT2D eigenvalue weighted by Crippen LogP contribution is -2.27. The normalized spacial score (nSPS) is 34.1. The van der Waals surface area contributed by atoms with Gasteiger partial charge >= 0.3 is 0 Å². The van der Waals surface area contributed by atoms with Crippen molar-refractivity contribution in [3.05, 3.63) is 6.92 Å². The van der Waals surface area contributed by atoms with Crippen LogP contribution in [0.3, 0.4) is 0 Å². The van der Waals surface area contributed by atoms with E-state index in [-0.39, 0.29) is 0 Å². The molecule has 8 heavy (non-hydrogen) atoms. The molecule has 0 amide bonds. The predicted molar refractivity (Wildman–Crippen MR) is 34.4 cm³/mol. The Balaban J connectivity index is 1.99. The molecule has 2 rings (SSSR count). The first kappa shape index (κ1) is 4.84. The van der Waals surface area contributed by atoms with E-state index in [2.05, 4.69) is 6.92 Å². The minimum Gasteiger partial charge on any atom is -0.0522 e. The summed E-state index contributed by atoms with van der Waals surface area (Å²) in [4.78, 5) is 0. The molecule has 0 saturated heterocycles. The van der Waals surface area contributed by atoms with Crippen LogP contribution in [0.5, 0.6) is 0 Å². The Morgan fingerprint density at radius 2 is 1.88 bits per heavy atom. The van der Waals surface area contributed by atoms with Gasteiger partial charge in [0, 0.05) is 0 Å². The maximum absolute atomic E-state index is 4.24. The van der Waals surface area contributed by atoms with Crippen molar-refractivity contribution >= 4 is 0 Å². The lowest BCUT2D eigenvalue weighted by atomic mass is 9.67. The van der Waals surface area contributed by atoms with E-state index in [1.54, 1.807) is 0 Å². The fraction of sp³-hybridized carbons (Fsp3) is 0.875. The van der Waals surface area contributed by atoms with Gasteiger partial charge in [-0.05, 0) is 43.9 Å².